The van der Waals surface area contributed by atoms with Crippen molar-refractivity contribution in [3.05, 3.63) is 54.1 Å². The lowest BCUT2D eigenvalue weighted by atomic mass is 10.2. The Hall–Kier alpha value is -3.15. The Morgan fingerprint density at radius 2 is 0.963 bits per heavy atom. The predicted octanol–water partition coefficient (Wildman–Crippen LogP) is 3.64. The molecule has 0 aromatic heterocycles. The van der Waals surface area contributed by atoms with E-state index in [0.717, 1.165) is 31.4 Å². The molecule has 0 saturated heterocycles. The molecule has 2 aliphatic rings. The largest absolute Gasteiger partial charge is 0.326 e. The van der Waals surface area contributed by atoms with E-state index in [2.05, 4.69) is 16.0 Å². The van der Waals surface area contributed by atoms with E-state index in [1.807, 2.05) is 0 Å². The second kappa shape index (κ2) is 7.23. The highest BCUT2D eigenvalue weighted by Gasteiger charge is 2.30. The van der Waals surface area contributed by atoms with Crippen molar-refractivity contribution in [1.29, 1.82) is 0 Å². The molecule has 27 heavy (non-hydrogen) atoms. The minimum Gasteiger partial charge on any atom is -0.326 e. The molecule has 2 aliphatic carbocycles. The number of anilines is 3. The first-order valence-corrected chi connectivity index (χ1v) is 9.22. The van der Waals surface area contributed by atoms with Crippen molar-refractivity contribution in [2.45, 2.75) is 25.7 Å². The fourth-order valence-electron chi connectivity index (χ4n) is 2.72. The summed E-state index contributed by atoms with van der Waals surface area (Å²) in [7, 11) is 0. The maximum absolute atomic E-state index is 12.4. The van der Waals surface area contributed by atoms with Crippen LogP contribution in [0.1, 0.15) is 36.0 Å². The third kappa shape index (κ3) is 4.53. The molecule has 6 heteroatoms. The van der Waals surface area contributed by atoms with Gasteiger partial charge in [0.25, 0.3) is 5.91 Å². The third-order valence-corrected chi connectivity index (χ3v) is 4.72. The SMILES string of the molecule is O=C(Nc1ccc(NC(=O)C2CC2)cc1)c1ccc(NC(=O)C2CC2)cc1. The van der Waals surface area contributed by atoms with Crippen LogP contribution in [-0.2, 0) is 9.59 Å². The van der Waals surface area contributed by atoms with Gasteiger partial charge in [-0.1, -0.05) is 0 Å². The summed E-state index contributed by atoms with van der Waals surface area (Å²) < 4.78 is 0. The molecule has 0 atom stereocenters. The highest BCUT2D eigenvalue weighted by atomic mass is 16.2. The Bertz CT molecular complexity index is 867. The predicted molar refractivity (Wildman–Crippen MR) is 104 cm³/mol. The average Bonchev–Trinajstić information content (AvgIpc) is 3.57. The van der Waals surface area contributed by atoms with Gasteiger partial charge in [0, 0.05) is 34.5 Å². The van der Waals surface area contributed by atoms with Crippen molar-refractivity contribution in [1.82, 2.24) is 0 Å². The fraction of sp³-hybridized carbons (Fsp3) is 0.286. The van der Waals surface area contributed by atoms with Crippen molar-refractivity contribution in [3.8, 4) is 0 Å². The van der Waals surface area contributed by atoms with E-state index in [1.54, 1.807) is 48.5 Å². The van der Waals surface area contributed by atoms with E-state index in [-0.39, 0.29) is 29.6 Å². The molecule has 0 unspecified atom stereocenters. The minimum atomic E-state index is -0.232. The van der Waals surface area contributed by atoms with E-state index < -0.39 is 0 Å². The summed E-state index contributed by atoms with van der Waals surface area (Å²) in [6, 6.07) is 13.9. The molecule has 0 bridgehead atoms. The Balaban J connectivity index is 1.32. The van der Waals surface area contributed by atoms with Gasteiger partial charge in [-0.25, -0.2) is 0 Å². The van der Waals surface area contributed by atoms with Crippen LogP contribution in [0.4, 0.5) is 17.1 Å². The van der Waals surface area contributed by atoms with Gasteiger partial charge in [-0.15, -0.1) is 0 Å². The van der Waals surface area contributed by atoms with Crippen molar-refractivity contribution in [3.63, 3.8) is 0 Å². The van der Waals surface area contributed by atoms with Gasteiger partial charge >= 0.3 is 0 Å². The number of carbonyl (C=O) groups is 3. The van der Waals surface area contributed by atoms with E-state index in [4.69, 9.17) is 0 Å². The highest BCUT2D eigenvalue weighted by Crippen LogP contribution is 2.31. The van der Waals surface area contributed by atoms with Gasteiger partial charge in [0.1, 0.15) is 0 Å². The normalized spacial score (nSPS) is 15.7. The van der Waals surface area contributed by atoms with Crippen molar-refractivity contribution < 1.29 is 14.4 Å². The molecule has 2 aromatic rings. The smallest absolute Gasteiger partial charge is 0.255 e. The number of amides is 3. The summed E-state index contributed by atoms with van der Waals surface area (Å²) in [6.07, 6.45) is 3.83. The quantitative estimate of drug-likeness (QED) is 0.732. The molecule has 0 radical (unpaired) electrons. The van der Waals surface area contributed by atoms with Crippen molar-refractivity contribution >= 4 is 34.8 Å². The second-order valence-corrected chi connectivity index (χ2v) is 7.14. The summed E-state index contributed by atoms with van der Waals surface area (Å²) in [5, 5.41) is 8.54. The lowest BCUT2D eigenvalue weighted by Crippen LogP contribution is -2.15. The van der Waals surface area contributed by atoms with Crippen LogP contribution in [0, 0.1) is 11.8 Å². The lowest BCUT2D eigenvalue weighted by Gasteiger charge is -2.09. The summed E-state index contributed by atoms with van der Waals surface area (Å²) in [5.41, 5.74) is 2.57. The third-order valence-electron chi connectivity index (χ3n) is 4.72. The van der Waals surface area contributed by atoms with E-state index in [1.165, 1.54) is 0 Å². The lowest BCUT2D eigenvalue weighted by molar-refractivity contribution is -0.118. The topological polar surface area (TPSA) is 87.3 Å². The van der Waals surface area contributed by atoms with E-state index >= 15 is 0 Å². The molecular weight excluding hydrogens is 342 g/mol. The van der Waals surface area contributed by atoms with Crippen LogP contribution in [0.25, 0.3) is 0 Å². The number of hydrogen-bond acceptors (Lipinski definition) is 3. The van der Waals surface area contributed by atoms with Crippen LogP contribution in [0.3, 0.4) is 0 Å². The van der Waals surface area contributed by atoms with Crippen LogP contribution >= 0.6 is 0 Å². The number of nitrogens with one attached hydrogen (secondary N) is 3. The molecule has 2 aromatic carbocycles. The zero-order chi connectivity index (χ0) is 18.8. The molecular formula is C21H21N3O3. The summed E-state index contributed by atoms with van der Waals surface area (Å²) in [4.78, 5) is 35.9. The summed E-state index contributed by atoms with van der Waals surface area (Å²) >= 11 is 0. The standard InChI is InChI=1S/C21H21N3O3/c25-19(13-1-2-13)22-16-7-5-15(6-8-16)21(27)24-18-11-9-17(10-12-18)23-20(26)14-3-4-14/h5-14H,1-4H2,(H,22,25)(H,23,26)(H,24,27). The van der Waals surface area contributed by atoms with E-state index in [9.17, 15) is 14.4 Å². The Morgan fingerprint density at radius 1 is 0.593 bits per heavy atom. The van der Waals surface area contributed by atoms with Gasteiger partial charge < -0.3 is 16.0 Å². The minimum absolute atomic E-state index is 0.0427. The Kier molecular flexibility index (Phi) is 4.62. The zero-order valence-corrected chi connectivity index (χ0v) is 14.8. The number of hydrogen-bond donors (Lipinski definition) is 3. The van der Waals surface area contributed by atoms with Crippen LogP contribution in [0.15, 0.2) is 48.5 Å². The number of carbonyl (C=O) groups excluding carboxylic acids is 3. The highest BCUT2D eigenvalue weighted by molar-refractivity contribution is 6.05. The van der Waals surface area contributed by atoms with Gasteiger partial charge in [-0.3, -0.25) is 14.4 Å². The van der Waals surface area contributed by atoms with Gasteiger partial charge in [0.15, 0.2) is 0 Å². The molecule has 3 amide bonds. The zero-order valence-electron chi connectivity index (χ0n) is 14.8. The molecule has 0 spiro atoms. The second-order valence-electron chi connectivity index (χ2n) is 7.14. The first-order valence-electron chi connectivity index (χ1n) is 9.22. The molecule has 2 fully saturated rings. The molecule has 138 valence electrons. The molecule has 2 saturated carbocycles. The summed E-state index contributed by atoms with van der Waals surface area (Å²) in [6.45, 7) is 0. The Labute approximate surface area is 157 Å². The van der Waals surface area contributed by atoms with Crippen molar-refractivity contribution in [2.75, 3.05) is 16.0 Å². The maximum atomic E-state index is 12.4. The first-order chi connectivity index (χ1) is 13.1. The van der Waals surface area contributed by atoms with Crippen LogP contribution < -0.4 is 16.0 Å². The Morgan fingerprint density at radius 3 is 1.37 bits per heavy atom. The molecule has 3 N–H and O–H groups in total. The molecule has 0 aliphatic heterocycles. The van der Waals surface area contributed by atoms with Crippen LogP contribution in [-0.4, -0.2) is 17.7 Å². The average molecular weight is 363 g/mol. The molecule has 6 nitrogen and oxygen atoms in total. The monoisotopic (exact) mass is 363 g/mol. The molecule has 0 heterocycles. The first kappa shape index (κ1) is 17.3. The van der Waals surface area contributed by atoms with Crippen molar-refractivity contribution in [2.24, 2.45) is 11.8 Å². The van der Waals surface area contributed by atoms with Crippen LogP contribution in [0.5, 0.6) is 0 Å². The van der Waals surface area contributed by atoms with Gasteiger partial charge in [0.05, 0.1) is 0 Å². The molecule has 4 rings (SSSR count). The van der Waals surface area contributed by atoms with Gasteiger partial charge in [-0.2, -0.15) is 0 Å². The summed E-state index contributed by atoms with van der Waals surface area (Å²) in [5.74, 6) is 0.165. The number of rotatable bonds is 6. The fourth-order valence-corrected chi connectivity index (χ4v) is 2.72. The van der Waals surface area contributed by atoms with E-state index in [0.29, 0.717) is 16.9 Å². The van der Waals surface area contributed by atoms with Crippen LogP contribution in [0.2, 0.25) is 0 Å². The number of benzene rings is 2. The van der Waals surface area contributed by atoms with Gasteiger partial charge in [-0.05, 0) is 74.2 Å². The van der Waals surface area contributed by atoms with Gasteiger partial charge in [0.2, 0.25) is 11.8 Å². The maximum Gasteiger partial charge on any atom is 0.255 e.